The van der Waals surface area contributed by atoms with Crippen LogP contribution in [0, 0.1) is 0 Å². The normalized spacial score (nSPS) is 19.6. The second-order valence-electron chi connectivity index (χ2n) is 5.28. The number of ether oxygens (including phenoxy) is 2. The molecule has 1 rings (SSSR count). The molecule has 0 aromatic carbocycles. The molecule has 1 saturated heterocycles. The van der Waals surface area contributed by atoms with Crippen LogP contribution in [0.5, 0.6) is 0 Å². The van der Waals surface area contributed by atoms with Crippen molar-refractivity contribution in [3.05, 3.63) is 0 Å². The summed E-state index contributed by atoms with van der Waals surface area (Å²) in [7, 11) is 3.53. The van der Waals surface area contributed by atoms with Gasteiger partial charge in [0.05, 0.1) is 13.2 Å². The summed E-state index contributed by atoms with van der Waals surface area (Å²) in [5.41, 5.74) is 0. The zero-order valence-corrected chi connectivity index (χ0v) is 12.9. The Morgan fingerprint density at radius 3 is 2.74 bits per heavy atom. The highest BCUT2D eigenvalue weighted by Gasteiger charge is 2.15. The second kappa shape index (κ2) is 10.6. The van der Waals surface area contributed by atoms with E-state index in [1.165, 1.54) is 13.0 Å². The van der Waals surface area contributed by atoms with Crippen molar-refractivity contribution in [2.45, 2.75) is 19.4 Å². The standard InChI is InChI=1S/C14H31N3O2/c1-14(13-19-3)17(11-12-18-2)10-9-16-7-4-5-15-6-8-16/h14-15H,4-13H2,1-3H3. The topological polar surface area (TPSA) is 37.0 Å². The third-order valence-electron chi connectivity index (χ3n) is 3.75. The molecule has 114 valence electrons. The molecule has 1 heterocycles. The van der Waals surface area contributed by atoms with E-state index in [0.29, 0.717) is 6.04 Å². The van der Waals surface area contributed by atoms with Crippen molar-refractivity contribution in [3.63, 3.8) is 0 Å². The van der Waals surface area contributed by atoms with E-state index in [9.17, 15) is 0 Å². The van der Waals surface area contributed by atoms with E-state index in [4.69, 9.17) is 9.47 Å². The molecular formula is C14H31N3O2. The van der Waals surface area contributed by atoms with E-state index in [-0.39, 0.29) is 0 Å². The molecule has 19 heavy (non-hydrogen) atoms. The molecule has 0 spiro atoms. The molecule has 0 saturated carbocycles. The van der Waals surface area contributed by atoms with Gasteiger partial charge >= 0.3 is 0 Å². The summed E-state index contributed by atoms with van der Waals surface area (Å²) in [6.45, 7) is 11.7. The third kappa shape index (κ3) is 7.22. The SMILES string of the molecule is COCCN(CCN1CCCNCC1)C(C)COC. The molecule has 1 atom stereocenters. The summed E-state index contributed by atoms with van der Waals surface area (Å²) in [4.78, 5) is 5.02. The molecule has 0 radical (unpaired) electrons. The molecular weight excluding hydrogens is 242 g/mol. The number of rotatable bonds is 9. The molecule has 1 aliphatic rings. The summed E-state index contributed by atoms with van der Waals surface area (Å²) in [6, 6.07) is 0.449. The molecule has 5 nitrogen and oxygen atoms in total. The Morgan fingerprint density at radius 1 is 1.16 bits per heavy atom. The lowest BCUT2D eigenvalue weighted by Crippen LogP contribution is -2.44. The Morgan fingerprint density at radius 2 is 2.00 bits per heavy atom. The van der Waals surface area contributed by atoms with Crippen molar-refractivity contribution < 1.29 is 9.47 Å². The number of nitrogens with one attached hydrogen (secondary N) is 1. The lowest BCUT2D eigenvalue weighted by atomic mass is 10.3. The molecule has 0 bridgehead atoms. The highest BCUT2D eigenvalue weighted by Crippen LogP contribution is 2.02. The van der Waals surface area contributed by atoms with E-state index in [1.54, 1.807) is 14.2 Å². The van der Waals surface area contributed by atoms with Crippen molar-refractivity contribution in [1.82, 2.24) is 15.1 Å². The first-order valence-corrected chi connectivity index (χ1v) is 7.43. The van der Waals surface area contributed by atoms with Crippen LogP contribution in [0.2, 0.25) is 0 Å². The Kier molecular flexibility index (Phi) is 9.38. The van der Waals surface area contributed by atoms with E-state index in [2.05, 4.69) is 22.0 Å². The highest BCUT2D eigenvalue weighted by molar-refractivity contribution is 4.71. The first-order valence-electron chi connectivity index (χ1n) is 7.43. The van der Waals surface area contributed by atoms with Crippen LogP contribution in [0.1, 0.15) is 13.3 Å². The molecule has 1 fully saturated rings. The van der Waals surface area contributed by atoms with Crippen LogP contribution in [0.4, 0.5) is 0 Å². The van der Waals surface area contributed by atoms with E-state index in [0.717, 1.165) is 52.5 Å². The highest BCUT2D eigenvalue weighted by atomic mass is 16.5. The lowest BCUT2D eigenvalue weighted by molar-refractivity contribution is 0.0681. The molecule has 1 N–H and O–H groups in total. The van der Waals surface area contributed by atoms with Crippen LogP contribution >= 0.6 is 0 Å². The van der Waals surface area contributed by atoms with Crippen molar-refractivity contribution in [3.8, 4) is 0 Å². The smallest absolute Gasteiger partial charge is 0.0615 e. The average molecular weight is 273 g/mol. The van der Waals surface area contributed by atoms with Gasteiger partial charge in [-0.2, -0.15) is 0 Å². The molecule has 1 aliphatic heterocycles. The molecule has 0 aromatic heterocycles. The van der Waals surface area contributed by atoms with Gasteiger partial charge in [-0.25, -0.2) is 0 Å². The molecule has 1 unspecified atom stereocenters. The van der Waals surface area contributed by atoms with Gasteiger partial charge < -0.3 is 19.7 Å². The van der Waals surface area contributed by atoms with Crippen molar-refractivity contribution in [2.24, 2.45) is 0 Å². The number of hydrogen-bond acceptors (Lipinski definition) is 5. The van der Waals surface area contributed by atoms with E-state index >= 15 is 0 Å². The number of methoxy groups -OCH3 is 2. The minimum atomic E-state index is 0.449. The van der Waals surface area contributed by atoms with Crippen LogP contribution < -0.4 is 5.32 Å². The minimum Gasteiger partial charge on any atom is -0.383 e. The maximum atomic E-state index is 5.27. The Balaban J connectivity index is 2.32. The van der Waals surface area contributed by atoms with Gasteiger partial charge in [0.1, 0.15) is 0 Å². The molecule has 0 aliphatic carbocycles. The largest absolute Gasteiger partial charge is 0.383 e. The fraction of sp³-hybridized carbons (Fsp3) is 1.00. The minimum absolute atomic E-state index is 0.449. The summed E-state index contributed by atoms with van der Waals surface area (Å²) < 4.78 is 10.5. The van der Waals surface area contributed by atoms with Crippen LogP contribution in [0.3, 0.4) is 0 Å². The fourth-order valence-electron chi connectivity index (χ4n) is 2.50. The Hall–Kier alpha value is -0.200. The third-order valence-corrected chi connectivity index (χ3v) is 3.75. The maximum absolute atomic E-state index is 5.27. The first-order chi connectivity index (χ1) is 9.27. The van der Waals surface area contributed by atoms with Crippen LogP contribution in [0.15, 0.2) is 0 Å². The maximum Gasteiger partial charge on any atom is 0.0615 e. The van der Waals surface area contributed by atoms with Gasteiger partial charge in [0.25, 0.3) is 0 Å². The Labute approximate surface area is 118 Å². The quantitative estimate of drug-likeness (QED) is 0.652. The van der Waals surface area contributed by atoms with Crippen molar-refractivity contribution in [1.29, 1.82) is 0 Å². The lowest BCUT2D eigenvalue weighted by Gasteiger charge is -2.31. The van der Waals surface area contributed by atoms with E-state index in [1.807, 2.05) is 0 Å². The second-order valence-corrected chi connectivity index (χ2v) is 5.28. The van der Waals surface area contributed by atoms with Crippen LogP contribution in [0.25, 0.3) is 0 Å². The summed E-state index contributed by atoms with van der Waals surface area (Å²) in [6.07, 6.45) is 1.26. The van der Waals surface area contributed by atoms with Crippen molar-refractivity contribution in [2.75, 3.05) is 73.2 Å². The van der Waals surface area contributed by atoms with E-state index < -0.39 is 0 Å². The zero-order valence-electron chi connectivity index (χ0n) is 12.9. The zero-order chi connectivity index (χ0) is 13.9. The predicted molar refractivity (Wildman–Crippen MR) is 78.7 cm³/mol. The number of nitrogens with zero attached hydrogens (tertiary/aromatic N) is 2. The Bertz CT molecular complexity index is 209. The first kappa shape index (κ1) is 16.9. The average Bonchev–Trinajstić information content (AvgIpc) is 2.67. The summed E-state index contributed by atoms with van der Waals surface area (Å²) in [5.74, 6) is 0. The van der Waals surface area contributed by atoms with Gasteiger partial charge in [0, 0.05) is 53.0 Å². The summed E-state index contributed by atoms with van der Waals surface area (Å²) >= 11 is 0. The van der Waals surface area contributed by atoms with Gasteiger partial charge in [0.2, 0.25) is 0 Å². The van der Waals surface area contributed by atoms with Gasteiger partial charge in [0.15, 0.2) is 0 Å². The van der Waals surface area contributed by atoms with Crippen molar-refractivity contribution >= 4 is 0 Å². The number of hydrogen-bond donors (Lipinski definition) is 1. The monoisotopic (exact) mass is 273 g/mol. The molecule has 5 heteroatoms. The van der Waals surface area contributed by atoms with Gasteiger partial charge in [-0.05, 0) is 26.4 Å². The van der Waals surface area contributed by atoms with Gasteiger partial charge in [-0.1, -0.05) is 0 Å². The van der Waals surface area contributed by atoms with Gasteiger partial charge in [-0.15, -0.1) is 0 Å². The van der Waals surface area contributed by atoms with Crippen LogP contribution in [-0.4, -0.2) is 89.1 Å². The molecule has 0 aromatic rings. The van der Waals surface area contributed by atoms with Gasteiger partial charge in [-0.3, -0.25) is 4.90 Å². The summed E-state index contributed by atoms with van der Waals surface area (Å²) in [5, 5.41) is 3.45. The predicted octanol–water partition coefficient (Wildman–Crippen LogP) is 0.265. The van der Waals surface area contributed by atoms with Crippen LogP contribution in [-0.2, 0) is 9.47 Å². The fourth-order valence-corrected chi connectivity index (χ4v) is 2.50. The molecule has 0 amide bonds.